The predicted molar refractivity (Wildman–Crippen MR) is 139 cm³/mol. The van der Waals surface area contributed by atoms with Gasteiger partial charge in [0.25, 0.3) is 0 Å². The molecule has 34 heavy (non-hydrogen) atoms. The largest absolute Gasteiger partial charge is 0.396 e. The molecule has 0 bridgehead atoms. The molecule has 0 saturated heterocycles. The Balaban J connectivity index is 0.000000387. The van der Waals surface area contributed by atoms with Crippen molar-refractivity contribution in [2.24, 2.45) is 5.41 Å². The highest BCUT2D eigenvalue weighted by atomic mass is 31.2. The standard InChI is InChI=1S/C22H21O2P.C6H14O3/c1-16-14-17(2)21(18(3)15-16)22(23)25(24,19-10-6-4-7-11-19)20-12-8-5-9-13-20;1-2-6(3-7,4-8)5-9/h4-15H,1-3H3;7-9H,2-5H2,1H3. The average Bonchev–Trinajstić information content (AvgIpc) is 2.86. The molecule has 0 heterocycles. The van der Waals surface area contributed by atoms with Gasteiger partial charge in [0.1, 0.15) is 0 Å². The molecule has 0 atom stereocenters. The van der Waals surface area contributed by atoms with E-state index in [9.17, 15) is 9.36 Å². The molecule has 0 amide bonds. The first-order valence-electron chi connectivity index (χ1n) is 11.4. The minimum atomic E-state index is -3.44. The molecule has 0 fully saturated rings. The van der Waals surface area contributed by atoms with E-state index in [1.54, 1.807) is 24.3 Å². The van der Waals surface area contributed by atoms with Crippen molar-refractivity contribution < 1.29 is 24.7 Å². The number of benzene rings is 3. The first kappa shape index (κ1) is 27.7. The van der Waals surface area contributed by atoms with E-state index in [0.29, 0.717) is 22.6 Å². The van der Waals surface area contributed by atoms with Gasteiger partial charge in [-0.2, -0.15) is 0 Å². The van der Waals surface area contributed by atoms with Crippen molar-refractivity contribution in [1.82, 2.24) is 0 Å². The smallest absolute Gasteiger partial charge is 0.230 e. The van der Waals surface area contributed by atoms with Gasteiger partial charge < -0.3 is 19.9 Å². The Morgan fingerprint density at radius 2 is 1.15 bits per heavy atom. The summed E-state index contributed by atoms with van der Waals surface area (Å²) in [5.74, 6) is 0. The number of hydrogen-bond acceptors (Lipinski definition) is 5. The zero-order valence-electron chi connectivity index (χ0n) is 20.4. The van der Waals surface area contributed by atoms with Crippen LogP contribution in [0.15, 0.2) is 72.8 Å². The van der Waals surface area contributed by atoms with Crippen LogP contribution in [0.1, 0.15) is 40.4 Å². The lowest BCUT2D eigenvalue weighted by molar-refractivity contribution is 0.00304. The maximum absolute atomic E-state index is 14.2. The summed E-state index contributed by atoms with van der Waals surface area (Å²) in [6.07, 6.45) is 0.594. The second-order valence-electron chi connectivity index (χ2n) is 8.69. The van der Waals surface area contributed by atoms with E-state index in [0.717, 1.165) is 16.7 Å². The van der Waals surface area contributed by atoms with Crippen molar-refractivity contribution in [3.05, 3.63) is 95.1 Å². The van der Waals surface area contributed by atoms with Crippen molar-refractivity contribution >= 4 is 23.3 Å². The zero-order chi connectivity index (χ0) is 25.4. The molecule has 0 radical (unpaired) electrons. The van der Waals surface area contributed by atoms with Gasteiger partial charge in [0.2, 0.25) is 12.7 Å². The SMILES string of the molecule is CCC(CO)(CO)CO.Cc1cc(C)c(C(=O)P(=O)(c2ccccc2)c2ccccc2)c(C)c1. The van der Waals surface area contributed by atoms with E-state index in [-0.39, 0.29) is 25.3 Å². The molecule has 0 unspecified atom stereocenters. The molecular weight excluding hydrogens is 447 g/mol. The number of aliphatic hydroxyl groups is 3. The molecule has 0 saturated carbocycles. The predicted octanol–water partition coefficient (Wildman–Crippen LogP) is 4.13. The van der Waals surface area contributed by atoms with E-state index >= 15 is 0 Å². The van der Waals surface area contributed by atoms with Crippen LogP contribution in [-0.2, 0) is 4.57 Å². The van der Waals surface area contributed by atoms with Gasteiger partial charge >= 0.3 is 0 Å². The summed E-state index contributed by atoms with van der Waals surface area (Å²) < 4.78 is 14.2. The lowest BCUT2D eigenvalue weighted by atomic mass is 9.88. The highest BCUT2D eigenvalue weighted by molar-refractivity contribution is 7.93. The molecular formula is C28H35O5P. The van der Waals surface area contributed by atoms with Gasteiger partial charge in [-0.25, -0.2) is 0 Å². The molecule has 182 valence electrons. The highest BCUT2D eigenvalue weighted by Gasteiger charge is 2.37. The van der Waals surface area contributed by atoms with Gasteiger partial charge in [0.05, 0.1) is 19.8 Å². The van der Waals surface area contributed by atoms with Crippen LogP contribution >= 0.6 is 7.14 Å². The number of carbonyl (C=O) groups is 1. The van der Waals surface area contributed by atoms with Gasteiger partial charge in [-0.3, -0.25) is 4.79 Å². The fourth-order valence-corrected chi connectivity index (χ4v) is 6.44. The molecule has 0 aliphatic carbocycles. The fraction of sp³-hybridized carbons (Fsp3) is 0.321. The molecule has 0 aliphatic rings. The number of carbonyl (C=O) groups excluding carboxylic acids is 1. The van der Waals surface area contributed by atoms with Crippen LogP contribution in [0.3, 0.4) is 0 Å². The summed E-state index contributed by atoms with van der Waals surface area (Å²) in [4.78, 5) is 13.6. The van der Waals surface area contributed by atoms with Crippen LogP contribution in [0.4, 0.5) is 0 Å². The summed E-state index contributed by atoms with van der Waals surface area (Å²) in [6.45, 7) is 7.18. The van der Waals surface area contributed by atoms with E-state index in [1.165, 1.54) is 0 Å². The molecule has 3 rings (SSSR count). The maximum atomic E-state index is 14.2. The quantitative estimate of drug-likeness (QED) is 0.420. The minimum absolute atomic E-state index is 0.156. The van der Waals surface area contributed by atoms with Gasteiger partial charge in [-0.05, 0) is 38.3 Å². The van der Waals surface area contributed by atoms with Crippen LogP contribution in [0.5, 0.6) is 0 Å². The molecule has 5 nitrogen and oxygen atoms in total. The first-order valence-corrected chi connectivity index (χ1v) is 13.1. The number of aryl methyl sites for hydroxylation is 3. The third kappa shape index (κ3) is 5.92. The third-order valence-electron chi connectivity index (χ3n) is 6.17. The Morgan fingerprint density at radius 1 is 0.765 bits per heavy atom. The van der Waals surface area contributed by atoms with Crippen LogP contribution in [0, 0.1) is 26.2 Å². The molecule has 0 spiro atoms. The maximum Gasteiger partial charge on any atom is 0.230 e. The van der Waals surface area contributed by atoms with Crippen molar-refractivity contribution in [2.45, 2.75) is 34.1 Å². The summed E-state index contributed by atoms with van der Waals surface area (Å²) in [6, 6.07) is 22.1. The van der Waals surface area contributed by atoms with Crippen LogP contribution < -0.4 is 10.6 Å². The summed E-state index contributed by atoms with van der Waals surface area (Å²) >= 11 is 0. The van der Waals surface area contributed by atoms with Crippen molar-refractivity contribution in [3.8, 4) is 0 Å². The van der Waals surface area contributed by atoms with Gasteiger partial charge in [0, 0.05) is 21.6 Å². The lowest BCUT2D eigenvalue weighted by Crippen LogP contribution is -2.32. The second kappa shape index (κ2) is 12.2. The van der Waals surface area contributed by atoms with Crippen LogP contribution in [0.25, 0.3) is 0 Å². The lowest BCUT2D eigenvalue weighted by Gasteiger charge is -2.24. The summed E-state index contributed by atoms with van der Waals surface area (Å²) in [7, 11) is -3.44. The summed E-state index contributed by atoms with van der Waals surface area (Å²) in [5.41, 5.74) is 2.45. The fourth-order valence-electron chi connectivity index (χ4n) is 3.82. The average molecular weight is 483 g/mol. The Bertz CT molecular complexity index is 1040. The minimum Gasteiger partial charge on any atom is -0.396 e. The van der Waals surface area contributed by atoms with Gasteiger partial charge in [-0.1, -0.05) is 85.3 Å². The molecule has 0 aromatic heterocycles. The Hall–Kier alpha value is -2.56. The Morgan fingerprint density at radius 3 is 1.44 bits per heavy atom. The Kier molecular flexibility index (Phi) is 9.96. The molecule has 3 N–H and O–H groups in total. The van der Waals surface area contributed by atoms with E-state index in [1.807, 2.05) is 76.2 Å². The second-order valence-corrected chi connectivity index (χ2v) is 11.3. The molecule has 6 heteroatoms. The molecule has 3 aromatic carbocycles. The van der Waals surface area contributed by atoms with Crippen LogP contribution in [-0.4, -0.2) is 40.7 Å². The monoisotopic (exact) mass is 482 g/mol. The molecule has 3 aromatic rings. The normalized spacial score (nSPS) is 11.5. The summed E-state index contributed by atoms with van der Waals surface area (Å²) in [5, 5.41) is 27.1. The third-order valence-corrected chi connectivity index (χ3v) is 9.02. The number of rotatable bonds is 8. The highest BCUT2D eigenvalue weighted by Crippen LogP contribution is 2.47. The van der Waals surface area contributed by atoms with E-state index in [2.05, 4.69) is 0 Å². The van der Waals surface area contributed by atoms with E-state index < -0.39 is 12.6 Å². The first-order chi connectivity index (χ1) is 16.2. The Labute approximate surface area is 202 Å². The van der Waals surface area contributed by atoms with E-state index in [4.69, 9.17) is 15.3 Å². The number of aliphatic hydroxyl groups excluding tert-OH is 3. The molecule has 0 aliphatic heterocycles. The number of hydrogen-bond donors (Lipinski definition) is 3. The topological polar surface area (TPSA) is 94.8 Å². The van der Waals surface area contributed by atoms with Crippen molar-refractivity contribution in [1.29, 1.82) is 0 Å². The van der Waals surface area contributed by atoms with Gasteiger partial charge in [0.15, 0.2) is 0 Å². The van der Waals surface area contributed by atoms with Gasteiger partial charge in [-0.15, -0.1) is 0 Å². The van der Waals surface area contributed by atoms with Crippen LogP contribution in [0.2, 0.25) is 0 Å². The zero-order valence-corrected chi connectivity index (χ0v) is 21.3. The van der Waals surface area contributed by atoms with Crippen molar-refractivity contribution in [2.75, 3.05) is 19.8 Å². The van der Waals surface area contributed by atoms with Crippen molar-refractivity contribution in [3.63, 3.8) is 0 Å².